The summed E-state index contributed by atoms with van der Waals surface area (Å²) in [4.78, 5) is 1.59. The van der Waals surface area contributed by atoms with Crippen LogP contribution in [0.25, 0.3) is 0 Å². The quantitative estimate of drug-likeness (QED) is 0.294. The van der Waals surface area contributed by atoms with E-state index in [0.29, 0.717) is 13.1 Å². The van der Waals surface area contributed by atoms with Crippen molar-refractivity contribution in [1.29, 1.82) is 0 Å². The first-order valence-electron chi connectivity index (χ1n) is 5.74. The molecule has 1 saturated heterocycles. The molecule has 1 unspecified atom stereocenters. The fourth-order valence-corrected chi connectivity index (χ4v) is 1.94. The summed E-state index contributed by atoms with van der Waals surface area (Å²) in [7, 11) is 0. The van der Waals surface area contributed by atoms with Crippen molar-refractivity contribution in [2.75, 3.05) is 19.7 Å². The Balaban J connectivity index is 2.52. The van der Waals surface area contributed by atoms with E-state index in [2.05, 4.69) is 0 Å². The fourth-order valence-electron chi connectivity index (χ4n) is 1.94. The molecule has 7 nitrogen and oxygen atoms in total. The minimum absolute atomic E-state index is 0.615. The molecule has 0 aromatic heterocycles. The van der Waals surface area contributed by atoms with E-state index in [-0.39, 0.29) is 0 Å². The van der Waals surface area contributed by atoms with E-state index in [1.54, 1.807) is 4.90 Å². The van der Waals surface area contributed by atoms with Crippen molar-refractivity contribution >= 4 is 0 Å². The van der Waals surface area contributed by atoms with Crippen molar-refractivity contribution in [1.82, 2.24) is 4.90 Å². The maximum atomic E-state index is 9.75. The van der Waals surface area contributed by atoms with Crippen LogP contribution in [0.4, 0.5) is 0 Å². The zero-order valence-corrected chi connectivity index (χ0v) is 9.55. The second-order valence-electron chi connectivity index (χ2n) is 4.38. The van der Waals surface area contributed by atoms with E-state index in [0.717, 1.165) is 12.8 Å². The Bertz CT molecular complexity index is 223. The van der Waals surface area contributed by atoms with E-state index in [1.165, 1.54) is 0 Å². The van der Waals surface area contributed by atoms with Gasteiger partial charge in [-0.25, -0.2) is 0 Å². The van der Waals surface area contributed by atoms with Gasteiger partial charge in [-0.1, -0.05) is 0 Å². The molecule has 0 radical (unpaired) electrons. The van der Waals surface area contributed by atoms with Gasteiger partial charge in [0.05, 0.1) is 6.61 Å². The lowest BCUT2D eigenvalue weighted by molar-refractivity contribution is -0.167. The van der Waals surface area contributed by atoms with Crippen LogP contribution in [0, 0.1) is 0 Å². The normalized spacial score (nSPS) is 26.5. The average Bonchev–Trinajstić information content (AvgIpc) is 2.87. The van der Waals surface area contributed by atoms with Crippen molar-refractivity contribution in [2.45, 2.75) is 43.5 Å². The molecule has 6 N–H and O–H groups in total. The molecule has 17 heavy (non-hydrogen) atoms. The summed E-state index contributed by atoms with van der Waals surface area (Å²) >= 11 is 0. The molecule has 0 spiro atoms. The molecular weight excluding hydrogens is 230 g/mol. The van der Waals surface area contributed by atoms with E-state index in [9.17, 15) is 20.4 Å². The highest BCUT2D eigenvalue weighted by atomic mass is 16.4. The molecule has 0 bridgehead atoms. The van der Waals surface area contributed by atoms with Gasteiger partial charge in [0.15, 0.2) is 0 Å². The van der Waals surface area contributed by atoms with E-state index in [4.69, 9.17) is 10.2 Å². The molecule has 0 aromatic rings. The summed E-state index contributed by atoms with van der Waals surface area (Å²) < 4.78 is 0. The van der Waals surface area contributed by atoms with Gasteiger partial charge in [-0.3, -0.25) is 4.90 Å². The van der Waals surface area contributed by atoms with Gasteiger partial charge in [-0.05, 0) is 12.8 Å². The van der Waals surface area contributed by atoms with E-state index >= 15 is 0 Å². The van der Waals surface area contributed by atoms with Crippen LogP contribution in [-0.2, 0) is 0 Å². The summed E-state index contributed by atoms with van der Waals surface area (Å²) in [5.41, 5.74) is 0. The lowest BCUT2D eigenvalue weighted by atomic mass is 10.0. The lowest BCUT2D eigenvalue weighted by Gasteiger charge is -2.32. The van der Waals surface area contributed by atoms with Crippen molar-refractivity contribution in [3.8, 4) is 0 Å². The highest BCUT2D eigenvalue weighted by Gasteiger charge is 2.36. The number of aliphatic hydroxyl groups is 6. The van der Waals surface area contributed by atoms with Crippen LogP contribution in [0.2, 0.25) is 0 Å². The maximum Gasteiger partial charge on any atom is 0.136 e. The van der Waals surface area contributed by atoms with Gasteiger partial charge in [0, 0.05) is 13.1 Å². The Morgan fingerprint density at radius 1 is 0.824 bits per heavy atom. The summed E-state index contributed by atoms with van der Waals surface area (Å²) in [6, 6.07) is 0. The first-order valence-corrected chi connectivity index (χ1v) is 5.74. The predicted octanol–water partition coefficient (Wildman–Crippen LogP) is -3.16. The third-order valence-electron chi connectivity index (χ3n) is 3.10. The lowest BCUT2D eigenvalue weighted by Crippen LogP contribution is -2.54. The van der Waals surface area contributed by atoms with Crippen molar-refractivity contribution in [3.05, 3.63) is 0 Å². The predicted molar refractivity (Wildman–Crippen MR) is 57.9 cm³/mol. The van der Waals surface area contributed by atoms with Gasteiger partial charge in [-0.2, -0.15) is 0 Å². The molecule has 1 aliphatic rings. The van der Waals surface area contributed by atoms with Gasteiger partial charge in [-0.15, -0.1) is 0 Å². The van der Waals surface area contributed by atoms with Crippen LogP contribution in [-0.4, -0.2) is 85.9 Å². The largest absolute Gasteiger partial charge is 0.394 e. The minimum atomic E-state index is -1.72. The SMILES string of the molecule is OC[C@@H](O)[C@H](O)[C@@H](O)[C@H](O)C(O)N1CCCC1. The molecule has 0 saturated carbocycles. The van der Waals surface area contributed by atoms with Crippen molar-refractivity contribution in [3.63, 3.8) is 0 Å². The third kappa shape index (κ3) is 3.59. The van der Waals surface area contributed by atoms with Crippen LogP contribution in [0.3, 0.4) is 0 Å². The molecule has 102 valence electrons. The van der Waals surface area contributed by atoms with Crippen LogP contribution in [0.1, 0.15) is 12.8 Å². The molecule has 1 heterocycles. The topological polar surface area (TPSA) is 125 Å². The number of aliphatic hydroxyl groups excluding tert-OH is 6. The second-order valence-corrected chi connectivity index (χ2v) is 4.38. The zero-order chi connectivity index (χ0) is 13.0. The Labute approximate surface area is 99.5 Å². The van der Waals surface area contributed by atoms with E-state index < -0.39 is 37.3 Å². The number of hydrogen-bond donors (Lipinski definition) is 6. The van der Waals surface area contributed by atoms with Gasteiger partial charge in [0.2, 0.25) is 0 Å². The highest BCUT2D eigenvalue weighted by molar-refractivity contribution is 4.85. The minimum Gasteiger partial charge on any atom is -0.394 e. The molecule has 1 rings (SSSR count). The molecule has 1 fully saturated rings. The van der Waals surface area contributed by atoms with Crippen LogP contribution in [0.5, 0.6) is 0 Å². The van der Waals surface area contributed by atoms with E-state index in [1.807, 2.05) is 0 Å². The Kier molecular flexibility index (Phi) is 5.74. The molecule has 0 aromatic carbocycles. The highest BCUT2D eigenvalue weighted by Crippen LogP contribution is 2.16. The summed E-state index contributed by atoms with van der Waals surface area (Å²) in [5.74, 6) is 0. The van der Waals surface area contributed by atoms with Crippen molar-refractivity contribution < 1.29 is 30.6 Å². The Morgan fingerprint density at radius 3 is 1.82 bits per heavy atom. The van der Waals surface area contributed by atoms with Gasteiger partial charge < -0.3 is 30.6 Å². The number of rotatable bonds is 6. The zero-order valence-electron chi connectivity index (χ0n) is 9.55. The standard InChI is InChI=1S/C10H21NO6/c12-5-6(13)7(14)8(15)9(16)10(17)11-3-1-2-4-11/h6-10,12-17H,1-5H2/t6-,7+,8-,9+,10?/m1/s1. The van der Waals surface area contributed by atoms with Crippen LogP contribution < -0.4 is 0 Å². The fraction of sp³-hybridized carbons (Fsp3) is 1.00. The first-order chi connectivity index (χ1) is 7.99. The van der Waals surface area contributed by atoms with Crippen LogP contribution >= 0.6 is 0 Å². The molecule has 0 amide bonds. The molecular formula is C10H21NO6. The third-order valence-corrected chi connectivity index (χ3v) is 3.10. The van der Waals surface area contributed by atoms with Crippen molar-refractivity contribution in [2.24, 2.45) is 0 Å². The first kappa shape index (κ1) is 14.8. The molecule has 1 aliphatic heterocycles. The molecule has 7 heteroatoms. The molecule has 0 aliphatic carbocycles. The number of nitrogens with zero attached hydrogens (tertiary/aromatic N) is 1. The van der Waals surface area contributed by atoms with Gasteiger partial charge in [0.1, 0.15) is 30.6 Å². The van der Waals surface area contributed by atoms with Gasteiger partial charge in [0.25, 0.3) is 0 Å². The summed E-state index contributed by atoms with van der Waals surface area (Å²) in [6.45, 7) is 0.498. The maximum absolute atomic E-state index is 9.75. The summed E-state index contributed by atoms with van der Waals surface area (Å²) in [5, 5.41) is 56.1. The summed E-state index contributed by atoms with van der Waals surface area (Å²) in [6.07, 6.45) is -6.04. The van der Waals surface area contributed by atoms with Crippen LogP contribution in [0.15, 0.2) is 0 Å². The monoisotopic (exact) mass is 251 g/mol. The molecule has 5 atom stereocenters. The average molecular weight is 251 g/mol. The Hall–Kier alpha value is -0.280. The van der Waals surface area contributed by atoms with Gasteiger partial charge >= 0.3 is 0 Å². The number of hydrogen-bond acceptors (Lipinski definition) is 7. The Morgan fingerprint density at radius 2 is 1.35 bits per heavy atom. The second kappa shape index (κ2) is 6.60. The smallest absolute Gasteiger partial charge is 0.136 e. The number of likely N-dealkylation sites (tertiary alicyclic amines) is 1.